The number of nitrogen functional groups attached to an aromatic ring is 1. The highest BCUT2D eigenvalue weighted by Gasteiger charge is 1.99. The van der Waals surface area contributed by atoms with E-state index in [4.69, 9.17) is 10.5 Å². The van der Waals surface area contributed by atoms with Crippen molar-refractivity contribution in [1.82, 2.24) is 9.97 Å². The number of nitrogens with one attached hydrogen (secondary N) is 1. The lowest BCUT2D eigenvalue weighted by molar-refractivity contribution is 0.334. The van der Waals surface area contributed by atoms with Gasteiger partial charge in [-0.1, -0.05) is 12.1 Å². The largest absolute Gasteiger partial charge is 0.490 e. The second kappa shape index (κ2) is 6.84. The van der Waals surface area contributed by atoms with Crippen LogP contribution in [0.15, 0.2) is 41.7 Å². The molecule has 0 spiro atoms. The van der Waals surface area contributed by atoms with Crippen molar-refractivity contribution in [2.45, 2.75) is 5.03 Å². The van der Waals surface area contributed by atoms with E-state index in [-0.39, 0.29) is 0 Å². The molecule has 0 fully saturated rings. The maximum Gasteiger partial charge on any atom is 0.142 e. The van der Waals surface area contributed by atoms with Crippen molar-refractivity contribution in [2.75, 3.05) is 30.5 Å². The Balaban J connectivity index is 1.79. The Labute approximate surface area is 116 Å². The van der Waals surface area contributed by atoms with E-state index in [2.05, 4.69) is 15.3 Å². The number of para-hydroxylation sites is 2. The Morgan fingerprint density at radius 1 is 1.32 bits per heavy atom. The molecule has 5 nitrogen and oxygen atoms in total. The van der Waals surface area contributed by atoms with Crippen molar-refractivity contribution in [3.8, 4) is 5.75 Å². The topological polar surface area (TPSA) is 73.1 Å². The molecule has 0 aliphatic rings. The van der Waals surface area contributed by atoms with Crippen LogP contribution in [0, 0.1) is 0 Å². The number of benzene rings is 1. The molecule has 0 unspecified atom stereocenters. The lowest BCUT2D eigenvalue weighted by Gasteiger charge is -2.09. The van der Waals surface area contributed by atoms with Crippen LogP contribution in [0.4, 0.5) is 11.5 Å². The molecule has 1 aromatic heterocycles. The fraction of sp³-hybridized carbons (Fsp3) is 0.231. The van der Waals surface area contributed by atoms with Crippen molar-refractivity contribution >= 4 is 23.3 Å². The Morgan fingerprint density at radius 2 is 2.16 bits per heavy atom. The summed E-state index contributed by atoms with van der Waals surface area (Å²) in [5.74, 6) is 1.50. The lowest BCUT2D eigenvalue weighted by Crippen LogP contribution is -2.13. The number of rotatable bonds is 6. The molecule has 0 atom stereocenters. The average molecular weight is 276 g/mol. The van der Waals surface area contributed by atoms with Gasteiger partial charge in [0, 0.05) is 6.07 Å². The molecule has 19 heavy (non-hydrogen) atoms. The number of anilines is 2. The highest BCUT2D eigenvalue weighted by molar-refractivity contribution is 7.98. The minimum absolute atomic E-state index is 0.521. The summed E-state index contributed by atoms with van der Waals surface area (Å²) in [7, 11) is 0. The second-order valence-corrected chi connectivity index (χ2v) is 4.59. The van der Waals surface area contributed by atoms with Crippen LogP contribution in [0.1, 0.15) is 0 Å². The quantitative estimate of drug-likeness (QED) is 0.365. The highest BCUT2D eigenvalue weighted by atomic mass is 32.2. The minimum Gasteiger partial charge on any atom is -0.490 e. The average Bonchev–Trinajstić information content (AvgIpc) is 2.45. The summed E-state index contributed by atoms with van der Waals surface area (Å²) in [6.07, 6.45) is 3.53. The Hall–Kier alpha value is -1.95. The molecule has 0 saturated heterocycles. The molecule has 0 bridgehead atoms. The molecule has 3 N–H and O–H groups in total. The van der Waals surface area contributed by atoms with Crippen LogP contribution in [0.5, 0.6) is 5.75 Å². The van der Waals surface area contributed by atoms with Crippen LogP contribution < -0.4 is 15.8 Å². The van der Waals surface area contributed by atoms with Crippen molar-refractivity contribution in [3.63, 3.8) is 0 Å². The van der Waals surface area contributed by atoms with Gasteiger partial charge in [-0.25, -0.2) is 9.97 Å². The SMILES string of the molecule is CSc1cc(NCCOc2ccccc2N)ncn1. The third-order valence-electron chi connectivity index (χ3n) is 2.44. The third-order valence-corrected chi connectivity index (χ3v) is 3.08. The van der Waals surface area contributed by atoms with Gasteiger partial charge in [-0.3, -0.25) is 0 Å². The molecule has 6 heteroatoms. The van der Waals surface area contributed by atoms with Gasteiger partial charge in [-0.15, -0.1) is 11.8 Å². The van der Waals surface area contributed by atoms with Crippen LogP contribution in [-0.4, -0.2) is 29.4 Å². The Kier molecular flexibility index (Phi) is 4.85. The van der Waals surface area contributed by atoms with Gasteiger partial charge in [-0.05, 0) is 18.4 Å². The van der Waals surface area contributed by atoms with Crippen LogP contribution in [0.2, 0.25) is 0 Å². The van der Waals surface area contributed by atoms with E-state index in [1.165, 1.54) is 0 Å². The maximum atomic E-state index is 5.78. The molecule has 0 aliphatic carbocycles. The van der Waals surface area contributed by atoms with Crippen LogP contribution in [-0.2, 0) is 0 Å². The van der Waals surface area contributed by atoms with Crippen LogP contribution in [0.25, 0.3) is 0 Å². The van der Waals surface area contributed by atoms with Gasteiger partial charge in [0.1, 0.15) is 29.5 Å². The molecule has 0 saturated carbocycles. The van der Waals surface area contributed by atoms with Crippen LogP contribution >= 0.6 is 11.8 Å². The molecule has 2 rings (SSSR count). The zero-order chi connectivity index (χ0) is 13.5. The normalized spacial score (nSPS) is 10.2. The first-order valence-corrected chi connectivity index (χ1v) is 7.09. The standard InChI is InChI=1S/C13H16N4OS/c1-19-13-8-12(16-9-17-13)15-6-7-18-11-5-3-2-4-10(11)14/h2-5,8-9H,6-7,14H2,1H3,(H,15,16,17). The predicted octanol–water partition coefficient (Wildman–Crippen LogP) is 2.27. The molecule has 100 valence electrons. The summed E-state index contributed by atoms with van der Waals surface area (Å²) in [6, 6.07) is 9.35. The lowest BCUT2D eigenvalue weighted by atomic mass is 10.3. The fourth-order valence-corrected chi connectivity index (χ4v) is 1.88. The van der Waals surface area contributed by atoms with Crippen LogP contribution in [0.3, 0.4) is 0 Å². The number of aromatic nitrogens is 2. The van der Waals surface area contributed by atoms with Gasteiger partial charge in [0.2, 0.25) is 0 Å². The number of nitrogens with zero attached hydrogens (tertiary/aromatic N) is 2. The Bertz CT molecular complexity index is 536. The minimum atomic E-state index is 0.521. The molecule has 1 heterocycles. The maximum absolute atomic E-state index is 5.78. The van der Waals surface area contributed by atoms with Gasteiger partial charge in [-0.2, -0.15) is 0 Å². The number of nitrogens with two attached hydrogens (primary N) is 1. The molecular formula is C13H16N4OS. The zero-order valence-corrected chi connectivity index (χ0v) is 11.5. The van der Waals surface area contributed by atoms with E-state index in [0.717, 1.165) is 10.8 Å². The highest BCUT2D eigenvalue weighted by Crippen LogP contribution is 2.19. The van der Waals surface area contributed by atoms with Crippen molar-refractivity contribution in [1.29, 1.82) is 0 Å². The summed E-state index contributed by atoms with van der Waals surface area (Å²) in [5.41, 5.74) is 6.43. The van der Waals surface area contributed by atoms with Gasteiger partial charge in [0.05, 0.1) is 12.2 Å². The zero-order valence-electron chi connectivity index (χ0n) is 10.7. The summed E-state index contributed by atoms with van der Waals surface area (Å²) in [5, 5.41) is 4.11. The smallest absolute Gasteiger partial charge is 0.142 e. The van der Waals surface area contributed by atoms with E-state index >= 15 is 0 Å². The summed E-state index contributed by atoms with van der Waals surface area (Å²) in [6.45, 7) is 1.17. The summed E-state index contributed by atoms with van der Waals surface area (Å²) in [4.78, 5) is 8.24. The number of thioether (sulfide) groups is 1. The predicted molar refractivity (Wildman–Crippen MR) is 78.7 cm³/mol. The Morgan fingerprint density at radius 3 is 2.95 bits per heavy atom. The van der Waals surface area contributed by atoms with E-state index in [0.29, 0.717) is 24.6 Å². The van der Waals surface area contributed by atoms with E-state index < -0.39 is 0 Å². The van der Waals surface area contributed by atoms with Crippen molar-refractivity contribution in [2.24, 2.45) is 0 Å². The molecule has 2 aromatic rings. The first-order valence-electron chi connectivity index (χ1n) is 5.87. The molecule has 0 amide bonds. The van der Waals surface area contributed by atoms with Gasteiger partial charge in [0.25, 0.3) is 0 Å². The fourth-order valence-electron chi connectivity index (χ4n) is 1.50. The molecular weight excluding hydrogens is 260 g/mol. The second-order valence-electron chi connectivity index (χ2n) is 3.76. The van der Waals surface area contributed by atoms with E-state index in [1.807, 2.05) is 36.6 Å². The third kappa shape index (κ3) is 4.03. The monoisotopic (exact) mass is 276 g/mol. The number of hydrogen-bond donors (Lipinski definition) is 2. The summed E-state index contributed by atoms with van der Waals surface area (Å²) < 4.78 is 5.58. The molecule has 0 aliphatic heterocycles. The first-order chi connectivity index (χ1) is 9.29. The number of ether oxygens (including phenoxy) is 1. The van der Waals surface area contributed by atoms with Gasteiger partial charge < -0.3 is 15.8 Å². The number of hydrogen-bond acceptors (Lipinski definition) is 6. The van der Waals surface area contributed by atoms with E-state index in [1.54, 1.807) is 18.1 Å². The summed E-state index contributed by atoms with van der Waals surface area (Å²) >= 11 is 1.58. The van der Waals surface area contributed by atoms with Gasteiger partial charge in [0.15, 0.2) is 0 Å². The molecule has 0 radical (unpaired) electrons. The molecule has 1 aromatic carbocycles. The van der Waals surface area contributed by atoms with E-state index in [9.17, 15) is 0 Å². The first kappa shape index (κ1) is 13.5. The van der Waals surface area contributed by atoms with Gasteiger partial charge >= 0.3 is 0 Å². The van der Waals surface area contributed by atoms with Crippen molar-refractivity contribution < 1.29 is 4.74 Å². The van der Waals surface area contributed by atoms with Crippen molar-refractivity contribution in [3.05, 3.63) is 36.7 Å².